The number of hydrogen-bond acceptors (Lipinski definition) is 6. The topological polar surface area (TPSA) is 95.4 Å². The van der Waals surface area contributed by atoms with Gasteiger partial charge in [-0.1, -0.05) is 12.1 Å². The highest BCUT2D eigenvalue weighted by molar-refractivity contribution is 7.15. The van der Waals surface area contributed by atoms with Gasteiger partial charge in [-0.15, -0.1) is 11.3 Å². The number of carbonyl (C=O) groups excluding carboxylic acids is 1. The van der Waals surface area contributed by atoms with E-state index in [4.69, 9.17) is 11.0 Å². The zero-order chi connectivity index (χ0) is 16.6. The molecule has 2 aromatic rings. The molecule has 0 unspecified atom stereocenters. The van der Waals surface area contributed by atoms with Crippen molar-refractivity contribution in [2.24, 2.45) is 10.7 Å². The highest BCUT2D eigenvalue weighted by Gasteiger charge is 2.37. The molecule has 1 aromatic heterocycles. The molecule has 7 heteroatoms. The summed E-state index contributed by atoms with van der Waals surface area (Å²) in [6.45, 7) is 1.88. The lowest BCUT2D eigenvalue weighted by Gasteiger charge is -2.32. The monoisotopic (exact) mass is 325 g/mol. The Bertz CT molecular complexity index is 850. The number of aliphatic imine (C=N–C) groups is 1. The van der Waals surface area contributed by atoms with E-state index in [1.807, 2.05) is 19.1 Å². The van der Waals surface area contributed by atoms with Gasteiger partial charge in [-0.3, -0.25) is 9.69 Å². The summed E-state index contributed by atoms with van der Waals surface area (Å²) >= 11 is 1.46. The van der Waals surface area contributed by atoms with Crippen LogP contribution in [0.15, 0.2) is 35.5 Å². The first-order chi connectivity index (χ1) is 10.9. The molecule has 1 amide bonds. The van der Waals surface area contributed by atoms with E-state index in [2.05, 4.69) is 16.0 Å². The first-order valence-corrected chi connectivity index (χ1v) is 7.83. The van der Waals surface area contributed by atoms with Crippen LogP contribution in [0, 0.1) is 11.3 Å². The molecule has 2 heterocycles. The first-order valence-electron chi connectivity index (χ1n) is 7.02. The number of benzene rings is 1. The molecule has 1 aliphatic heterocycles. The fourth-order valence-electron chi connectivity index (χ4n) is 2.43. The van der Waals surface area contributed by atoms with Gasteiger partial charge in [0.15, 0.2) is 5.96 Å². The minimum Gasteiger partial charge on any atom is -0.369 e. The fraction of sp³-hybridized carbons (Fsp3) is 0.250. The van der Waals surface area contributed by atoms with Crippen LogP contribution in [0.2, 0.25) is 0 Å². The summed E-state index contributed by atoms with van der Waals surface area (Å²) in [7, 11) is 1.62. The Hall–Kier alpha value is -2.72. The average molecular weight is 325 g/mol. The number of guanidine groups is 1. The Kier molecular flexibility index (Phi) is 3.62. The minimum absolute atomic E-state index is 0.0681. The second-order valence-electron chi connectivity index (χ2n) is 5.60. The molecule has 0 saturated carbocycles. The molecule has 1 atom stereocenters. The SMILES string of the molecule is CN1C(=O)C[C@](C)(c2cnc(-c3cccc(C#N)c3)s2)N=C1N. The van der Waals surface area contributed by atoms with Gasteiger partial charge in [0.05, 0.1) is 22.9 Å². The normalized spacial score (nSPS) is 21.0. The number of carbonyl (C=O) groups is 1. The van der Waals surface area contributed by atoms with Crippen molar-refractivity contribution in [2.75, 3.05) is 7.05 Å². The highest BCUT2D eigenvalue weighted by Crippen LogP contribution is 2.38. The van der Waals surface area contributed by atoms with Gasteiger partial charge in [-0.2, -0.15) is 5.26 Å². The summed E-state index contributed by atoms with van der Waals surface area (Å²) in [5, 5.41) is 9.79. The second kappa shape index (κ2) is 5.48. The Balaban J connectivity index is 1.99. The van der Waals surface area contributed by atoms with E-state index in [-0.39, 0.29) is 18.3 Å². The van der Waals surface area contributed by atoms with Crippen molar-refractivity contribution in [3.05, 3.63) is 40.9 Å². The van der Waals surface area contributed by atoms with Crippen LogP contribution in [0.4, 0.5) is 0 Å². The molecule has 0 spiro atoms. The van der Waals surface area contributed by atoms with Crippen LogP contribution in [0.1, 0.15) is 23.8 Å². The quantitative estimate of drug-likeness (QED) is 0.914. The van der Waals surface area contributed by atoms with Crippen LogP contribution < -0.4 is 5.73 Å². The molecule has 1 aliphatic rings. The van der Waals surface area contributed by atoms with Crippen LogP contribution in [0.25, 0.3) is 10.6 Å². The van der Waals surface area contributed by atoms with Gasteiger partial charge in [0.2, 0.25) is 5.91 Å². The predicted octanol–water partition coefficient (Wildman–Crippen LogP) is 2.07. The summed E-state index contributed by atoms with van der Waals surface area (Å²) in [4.78, 5) is 23.2. The molecule has 0 bridgehead atoms. The zero-order valence-electron chi connectivity index (χ0n) is 12.8. The largest absolute Gasteiger partial charge is 0.369 e. The second-order valence-corrected chi connectivity index (χ2v) is 6.63. The van der Waals surface area contributed by atoms with Gasteiger partial charge < -0.3 is 5.73 Å². The van der Waals surface area contributed by atoms with Gasteiger partial charge in [0, 0.05) is 18.8 Å². The molecule has 3 rings (SSSR count). The van der Waals surface area contributed by atoms with Crippen molar-refractivity contribution >= 4 is 23.2 Å². The maximum Gasteiger partial charge on any atom is 0.231 e. The number of hydrogen-bond donors (Lipinski definition) is 1. The van der Waals surface area contributed by atoms with E-state index >= 15 is 0 Å². The molecule has 6 nitrogen and oxygen atoms in total. The number of nitriles is 1. The molecule has 0 aliphatic carbocycles. The average Bonchev–Trinajstić information content (AvgIpc) is 3.03. The van der Waals surface area contributed by atoms with Crippen LogP contribution >= 0.6 is 11.3 Å². The lowest BCUT2D eigenvalue weighted by Crippen LogP contribution is -2.47. The third-order valence-corrected chi connectivity index (χ3v) is 5.15. The van der Waals surface area contributed by atoms with Gasteiger partial charge in [0.25, 0.3) is 0 Å². The lowest BCUT2D eigenvalue weighted by atomic mass is 9.95. The molecule has 23 heavy (non-hydrogen) atoms. The van der Waals surface area contributed by atoms with Crippen LogP contribution in [-0.4, -0.2) is 28.8 Å². The minimum atomic E-state index is -0.698. The highest BCUT2D eigenvalue weighted by atomic mass is 32.1. The summed E-state index contributed by atoms with van der Waals surface area (Å²) < 4.78 is 0. The van der Waals surface area contributed by atoms with Gasteiger partial charge in [-0.05, 0) is 19.1 Å². The Morgan fingerprint density at radius 1 is 1.48 bits per heavy atom. The molecule has 0 fully saturated rings. The van der Waals surface area contributed by atoms with E-state index in [1.54, 1.807) is 25.4 Å². The van der Waals surface area contributed by atoms with E-state index in [1.165, 1.54) is 16.2 Å². The number of nitrogens with zero attached hydrogens (tertiary/aromatic N) is 4. The lowest BCUT2D eigenvalue weighted by molar-refractivity contribution is -0.128. The number of nitrogens with two attached hydrogens (primary N) is 1. The van der Waals surface area contributed by atoms with Gasteiger partial charge in [-0.25, -0.2) is 9.98 Å². The Morgan fingerprint density at radius 2 is 2.26 bits per heavy atom. The van der Waals surface area contributed by atoms with Crippen LogP contribution in [0.3, 0.4) is 0 Å². The van der Waals surface area contributed by atoms with Gasteiger partial charge in [0.1, 0.15) is 10.5 Å². The molecule has 116 valence electrons. The Labute approximate surface area is 137 Å². The number of rotatable bonds is 2. The zero-order valence-corrected chi connectivity index (χ0v) is 13.6. The Morgan fingerprint density at radius 3 is 2.96 bits per heavy atom. The van der Waals surface area contributed by atoms with Crippen LogP contribution in [-0.2, 0) is 10.3 Å². The van der Waals surface area contributed by atoms with Crippen molar-refractivity contribution in [3.63, 3.8) is 0 Å². The summed E-state index contributed by atoms with van der Waals surface area (Å²) in [5.74, 6) is 0.145. The smallest absolute Gasteiger partial charge is 0.231 e. The van der Waals surface area contributed by atoms with E-state index < -0.39 is 5.54 Å². The first kappa shape index (κ1) is 15.2. The molecule has 2 N–H and O–H groups in total. The molecule has 1 aromatic carbocycles. The predicted molar refractivity (Wildman–Crippen MR) is 88.6 cm³/mol. The van der Waals surface area contributed by atoms with Crippen molar-refractivity contribution < 1.29 is 4.79 Å². The summed E-state index contributed by atoms with van der Waals surface area (Å²) in [5.41, 5.74) is 6.60. The van der Waals surface area contributed by atoms with Crippen molar-refractivity contribution in [2.45, 2.75) is 18.9 Å². The third-order valence-electron chi connectivity index (χ3n) is 3.85. The van der Waals surface area contributed by atoms with E-state index in [0.29, 0.717) is 5.56 Å². The van der Waals surface area contributed by atoms with E-state index in [9.17, 15) is 4.79 Å². The molecular weight excluding hydrogens is 310 g/mol. The summed E-state index contributed by atoms with van der Waals surface area (Å²) in [6.07, 6.45) is 1.98. The summed E-state index contributed by atoms with van der Waals surface area (Å²) in [6, 6.07) is 9.39. The third kappa shape index (κ3) is 2.69. The maximum atomic E-state index is 12.1. The number of amides is 1. The van der Waals surface area contributed by atoms with Crippen molar-refractivity contribution in [1.82, 2.24) is 9.88 Å². The maximum absolute atomic E-state index is 12.1. The van der Waals surface area contributed by atoms with Gasteiger partial charge >= 0.3 is 0 Å². The molecular formula is C16H15N5OS. The molecule has 0 saturated heterocycles. The van der Waals surface area contributed by atoms with Crippen molar-refractivity contribution in [3.8, 4) is 16.6 Å². The standard InChI is InChI=1S/C16H15N5OS/c1-16(7-13(22)21(2)15(18)20-16)12-9-19-14(23-12)11-5-3-4-10(6-11)8-17/h3-6,9H,7H2,1-2H3,(H2,18,20)/t16-/m1/s1. The van der Waals surface area contributed by atoms with Crippen molar-refractivity contribution in [1.29, 1.82) is 5.26 Å². The number of aromatic nitrogens is 1. The molecule has 0 radical (unpaired) electrons. The van der Waals surface area contributed by atoms with Crippen LogP contribution in [0.5, 0.6) is 0 Å². The number of thiazole rings is 1. The fourth-order valence-corrected chi connectivity index (χ4v) is 3.43. The van der Waals surface area contributed by atoms with E-state index in [0.717, 1.165) is 15.4 Å².